The SMILES string of the molecule is CCC[C@H](N)C(=O)Nc1ccc(N(CC)CC)nc1. The van der Waals surface area contributed by atoms with Crippen molar-refractivity contribution in [3.63, 3.8) is 0 Å². The van der Waals surface area contributed by atoms with Crippen LogP contribution in [0.4, 0.5) is 11.5 Å². The van der Waals surface area contributed by atoms with Crippen LogP contribution in [0.2, 0.25) is 0 Å². The number of rotatable bonds is 7. The van der Waals surface area contributed by atoms with Gasteiger partial charge < -0.3 is 16.0 Å². The average Bonchev–Trinajstić information content (AvgIpc) is 2.42. The number of nitrogens with zero attached hydrogens (tertiary/aromatic N) is 2. The van der Waals surface area contributed by atoms with Crippen molar-refractivity contribution in [2.45, 2.75) is 39.7 Å². The molecule has 0 saturated carbocycles. The summed E-state index contributed by atoms with van der Waals surface area (Å²) >= 11 is 0. The number of pyridine rings is 1. The van der Waals surface area contributed by atoms with E-state index in [1.54, 1.807) is 6.20 Å². The Morgan fingerprint density at radius 3 is 2.53 bits per heavy atom. The third-order valence-corrected chi connectivity index (χ3v) is 3.04. The molecular weight excluding hydrogens is 240 g/mol. The highest BCUT2D eigenvalue weighted by Gasteiger charge is 2.12. The largest absolute Gasteiger partial charge is 0.357 e. The first-order chi connectivity index (χ1) is 9.12. The van der Waals surface area contributed by atoms with Crippen LogP contribution in [0, 0.1) is 0 Å². The Bertz CT molecular complexity index is 387. The molecule has 0 aliphatic heterocycles. The minimum absolute atomic E-state index is 0.153. The highest BCUT2D eigenvalue weighted by Crippen LogP contribution is 2.14. The van der Waals surface area contributed by atoms with Crippen LogP contribution in [-0.2, 0) is 4.79 Å². The number of hydrogen-bond donors (Lipinski definition) is 2. The molecule has 0 aliphatic carbocycles. The van der Waals surface area contributed by atoms with E-state index < -0.39 is 6.04 Å². The van der Waals surface area contributed by atoms with E-state index in [4.69, 9.17) is 5.73 Å². The molecule has 5 heteroatoms. The van der Waals surface area contributed by atoms with Crippen LogP contribution in [-0.4, -0.2) is 30.0 Å². The Kier molecular flexibility index (Phi) is 6.29. The second kappa shape index (κ2) is 7.74. The summed E-state index contributed by atoms with van der Waals surface area (Å²) in [5, 5.41) is 2.78. The monoisotopic (exact) mass is 264 g/mol. The first-order valence-corrected chi connectivity index (χ1v) is 6.89. The number of aromatic nitrogens is 1. The quantitative estimate of drug-likeness (QED) is 0.790. The molecule has 106 valence electrons. The minimum Gasteiger partial charge on any atom is -0.357 e. The molecule has 0 radical (unpaired) electrons. The second-order valence-electron chi connectivity index (χ2n) is 4.46. The van der Waals surface area contributed by atoms with Crippen molar-refractivity contribution in [3.8, 4) is 0 Å². The molecule has 1 rings (SSSR count). The van der Waals surface area contributed by atoms with Crippen LogP contribution in [0.3, 0.4) is 0 Å². The number of nitrogens with two attached hydrogens (primary N) is 1. The Morgan fingerprint density at radius 2 is 2.05 bits per heavy atom. The van der Waals surface area contributed by atoms with Gasteiger partial charge in [0.05, 0.1) is 17.9 Å². The Hall–Kier alpha value is -1.62. The molecule has 1 amide bonds. The molecule has 0 saturated heterocycles. The maximum absolute atomic E-state index is 11.8. The molecule has 0 spiro atoms. The highest BCUT2D eigenvalue weighted by atomic mass is 16.2. The van der Waals surface area contributed by atoms with Crippen LogP contribution < -0.4 is 16.0 Å². The maximum atomic E-state index is 11.8. The Morgan fingerprint density at radius 1 is 1.37 bits per heavy atom. The predicted molar refractivity (Wildman–Crippen MR) is 79.3 cm³/mol. The molecule has 0 fully saturated rings. The van der Waals surface area contributed by atoms with Gasteiger partial charge in [0.2, 0.25) is 5.91 Å². The lowest BCUT2D eigenvalue weighted by Crippen LogP contribution is -2.35. The second-order valence-corrected chi connectivity index (χ2v) is 4.46. The summed E-state index contributed by atoms with van der Waals surface area (Å²) in [6, 6.07) is 3.32. The van der Waals surface area contributed by atoms with Crippen LogP contribution in [0.15, 0.2) is 18.3 Å². The zero-order valence-corrected chi connectivity index (χ0v) is 12.0. The third-order valence-electron chi connectivity index (χ3n) is 3.04. The van der Waals surface area contributed by atoms with E-state index in [9.17, 15) is 4.79 Å². The first kappa shape index (κ1) is 15.4. The average molecular weight is 264 g/mol. The number of carbonyl (C=O) groups excluding carboxylic acids is 1. The van der Waals surface area contributed by atoms with Gasteiger partial charge in [-0.15, -0.1) is 0 Å². The molecule has 1 heterocycles. The lowest BCUT2D eigenvalue weighted by atomic mass is 10.1. The molecule has 0 aliphatic rings. The fourth-order valence-corrected chi connectivity index (χ4v) is 1.87. The van der Waals surface area contributed by atoms with Crippen molar-refractivity contribution in [2.24, 2.45) is 5.73 Å². The summed E-state index contributed by atoms with van der Waals surface area (Å²) in [6.07, 6.45) is 3.26. The van der Waals surface area contributed by atoms with Crippen molar-refractivity contribution in [1.82, 2.24) is 4.98 Å². The standard InChI is InChI=1S/C14H24N4O/c1-4-7-12(15)14(19)17-11-8-9-13(16-10-11)18(5-2)6-3/h8-10,12H,4-7,15H2,1-3H3,(H,17,19)/t12-/m0/s1. The lowest BCUT2D eigenvalue weighted by molar-refractivity contribution is -0.117. The van der Waals surface area contributed by atoms with Gasteiger partial charge in [-0.2, -0.15) is 0 Å². The molecular formula is C14H24N4O. The van der Waals surface area contributed by atoms with Gasteiger partial charge in [-0.05, 0) is 32.4 Å². The van der Waals surface area contributed by atoms with Gasteiger partial charge in [-0.1, -0.05) is 13.3 Å². The minimum atomic E-state index is -0.451. The van der Waals surface area contributed by atoms with Crippen molar-refractivity contribution in [3.05, 3.63) is 18.3 Å². The van der Waals surface area contributed by atoms with E-state index in [0.717, 1.165) is 25.3 Å². The molecule has 3 N–H and O–H groups in total. The van der Waals surface area contributed by atoms with E-state index in [-0.39, 0.29) is 5.91 Å². The van der Waals surface area contributed by atoms with Crippen LogP contribution in [0.25, 0.3) is 0 Å². The topological polar surface area (TPSA) is 71.2 Å². The molecule has 19 heavy (non-hydrogen) atoms. The smallest absolute Gasteiger partial charge is 0.241 e. The summed E-state index contributed by atoms with van der Waals surface area (Å²) < 4.78 is 0. The van der Waals surface area contributed by atoms with Crippen molar-refractivity contribution in [2.75, 3.05) is 23.3 Å². The molecule has 1 aromatic rings. The molecule has 5 nitrogen and oxygen atoms in total. The number of anilines is 2. The summed E-state index contributed by atoms with van der Waals surface area (Å²) in [5.74, 6) is 0.764. The van der Waals surface area contributed by atoms with E-state index in [1.807, 2.05) is 19.1 Å². The van der Waals surface area contributed by atoms with Gasteiger partial charge >= 0.3 is 0 Å². The summed E-state index contributed by atoms with van der Waals surface area (Å²) in [6.45, 7) is 8.01. The molecule has 0 bridgehead atoms. The van der Waals surface area contributed by atoms with Gasteiger partial charge in [-0.3, -0.25) is 4.79 Å². The Labute approximate surface area is 115 Å². The molecule has 1 aromatic heterocycles. The van der Waals surface area contributed by atoms with Crippen molar-refractivity contribution in [1.29, 1.82) is 0 Å². The first-order valence-electron chi connectivity index (χ1n) is 6.89. The zero-order chi connectivity index (χ0) is 14.3. The zero-order valence-electron chi connectivity index (χ0n) is 12.0. The summed E-state index contributed by atoms with van der Waals surface area (Å²) in [7, 11) is 0. The van der Waals surface area contributed by atoms with Gasteiger partial charge in [0.25, 0.3) is 0 Å². The summed E-state index contributed by atoms with van der Waals surface area (Å²) in [5.41, 5.74) is 6.44. The predicted octanol–water partition coefficient (Wildman–Crippen LogP) is 1.99. The lowest BCUT2D eigenvalue weighted by Gasteiger charge is -2.19. The number of amides is 1. The van der Waals surface area contributed by atoms with E-state index in [2.05, 4.69) is 29.0 Å². The van der Waals surface area contributed by atoms with Gasteiger partial charge in [0, 0.05) is 13.1 Å². The van der Waals surface area contributed by atoms with E-state index in [0.29, 0.717) is 12.1 Å². The van der Waals surface area contributed by atoms with Crippen LogP contribution in [0.5, 0.6) is 0 Å². The number of hydrogen-bond acceptors (Lipinski definition) is 4. The number of carbonyl (C=O) groups is 1. The molecule has 0 unspecified atom stereocenters. The highest BCUT2D eigenvalue weighted by molar-refractivity contribution is 5.94. The van der Waals surface area contributed by atoms with E-state index >= 15 is 0 Å². The van der Waals surface area contributed by atoms with Crippen molar-refractivity contribution < 1.29 is 4.79 Å². The van der Waals surface area contributed by atoms with Crippen LogP contribution >= 0.6 is 0 Å². The molecule has 0 aromatic carbocycles. The fourth-order valence-electron chi connectivity index (χ4n) is 1.87. The van der Waals surface area contributed by atoms with Gasteiger partial charge in [0.1, 0.15) is 5.82 Å². The normalized spacial score (nSPS) is 12.0. The third kappa shape index (κ3) is 4.52. The Balaban J connectivity index is 2.64. The molecule has 1 atom stereocenters. The fraction of sp³-hybridized carbons (Fsp3) is 0.571. The van der Waals surface area contributed by atoms with E-state index in [1.165, 1.54) is 0 Å². The van der Waals surface area contributed by atoms with Gasteiger partial charge in [0.15, 0.2) is 0 Å². The number of nitrogens with one attached hydrogen (secondary N) is 1. The van der Waals surface area contributed by atoms with Gasteiger partial charge in [-0.25, -0.2) is 4.98 Å². The maximum Gasteiger partial charge on any atom is 0.241 e. The van der Waals surface area contributed by atoms with Crippen LogP contribution in [0.1, 0.15) is 33.6 Å². The summed E-state index contributed by atoms with van der Waals surface area (Å²) in [4.78, 5) is 18.3. The van der Waals surface area contributed by atoms with Crippen molar-refractivity contribution >= 4 is 17.4 Å².